The van der Waals surface area contributed by atoms with Gasteiger partial charge in [0, 0.05) is 12.5 Å². The molecule has 3 nitrogen and oxygen atoms in total. The first kappa shape index (κ1) is 7.91. The van der Waals surface area contributed by atoms with Gasteiger partial charge in [0.05, 0.1) is 4.92 Å². The average molecular weight is 157 g/mol. The van der Waals surface area contributed by atoms with E-state index in [4.69, 9.17) is 0 Å². The monoisotopic (exact) mass is 157 g/mol. The summed E-state index contributed by atoms with van der Waals surface area (Å²) in [6, 6.07) is 0. The van der Waals surface area contributed by atoms with Crippen molar-refractivity contribution in [2.45, 2.75) is 19.5 Å². The molecule has 11 heavy (non-hydrogen) atoms. The summed E-state index contributed by atoms with van der Waals surface area (Å²) in [6.45, 7) is 1.75. The third kappa shape index (κ3) is 1.63. The minimum atomic E-state index is -1.44. The predicted octanol–water partition coefficient (Wildman–Crippen LogP) is 1.84. The molecule has 1 aliphatic carbocycles. The van der Waals surface area contributed by atoms with Crippen LogP contribution in [0.3, 0.4) is 0 Å². The summed E-state index contributed by atoms with van der Waals surface area (Å²) >= 11 is 0. The Morgan fingerprint density at radius 1 is 1.73 bits per heavy atom. The maximum absolute atomic E-state index is 12.8. The highest BCUT2D eigenvalue weighted by Gasteiger charge is 2.26. The second-order valence-corrected chi connectivity index (χ2v) is 2.53. The zero-order chi connectivity index (χ0) is 8.43. The zero-order valence-electron chi connectivity index (χ0n) is 6.08. The molecule has 0 aromatic heterocycles. The number of allylic oxidation sites excluding steroid dienone is 4. The van der Waals surface area contributed by atoms with Crippen LogP contribution in [0.4, 0.5) is 4.39 Å². The van der Waals surface area contributed by atoms with E-state index in [0.29, 0.717) is 0 Å². The summed E-state index contributed by atoms with van der Waals surface area (Å²) in [5, 5.41) is 10.1. The minimum absolute atomic E-state index is 0.146. The van der Waals surface area contributed by atoms with Gasteiger partial charge in [-0.05, 0) is 6.92 Å². The molecule has 0 spiro atoms. The molecule has 1 unspecified atom stereocenters. The highest BCUT2D eigenvalue weighted by molar-refractivity contribution is 5.22. The Balaban J connectivity index is 2.87. The van der Waals surface area contributed by atoms with Gasteiger partial charge in [-0.1, -0.05) is 11.6 Å². The molecule has 0 heterocycles. The lowest BCUT2D eigenvalue weighted by Gasteiger charge is -2.09. The lowest BCUT2D eigenvalue weighted by molar-refractivity contribution is -0.433. The van der Waals surface area contributed by atoms with Gasteiger partial charge in [-0.25, -0.2) is 4.39 Å². The molecule has 0 aromatic carbocycles. The van der Waals surface area contributed by atoms with Crippen LogP contribution in [0, 0.1) is 10.1 Å². The first-order valence-electron chi connectivity index (χ1n) is 3.27. The normalized spacial score (nSPS) is 24.0. The third-order valence-corrected chi connectivity index (χ3v) is 1.57. The van der Waals surface area contributed by atoms with Gasteiger partial charge in [-0.3, -0.25) is 10.1 Å². The summed E-state index contributed by atoms with van der Waals surface area (Å²) in [7, 11) is 0. The molecule has 4 heteroatoms. The quantitative estimate of drug-likeness (QED) is 0.430. The summed E-state index contributed by atoms with van der Waals surface area (Å²) < 4.78 is 12.8. The van der Waals surface area contributed by atoms with E-state index in [9.17, 15) is 14.5 Å². The van der Waals surface area contributed by atoms with Gasteiger partial charge in [-0.2, -0.15) is 0 Å². The third-order valence-electron chi connectivity index (χ3n) is 1.57. The number of alkyl halides is 1. The Hall–Kier alpha value is -1.19. The lowest BCUT2D eigenvalue weighted by Crippen LogP contribution is -2.15. The van der Waals surface area contributed by atoms with Crippen LogP contribution in [0.5, 0.6) is 0 Å². The van der Waals surface area contributed by atoms with Crippen LogP contribution in [-0.4, -0.2) is 11.1 Å². The Kier molecular flexibility index (Phi) is 2.03. The topological polar surface area (TPSA) is 43.1 Å². The lowest BCUT2D eigenvalue weighted by atomic mass is 10.0. The fraction of sp³-hybridized carbons (Fsp3) is 0.429. The molecule has 1 aliphatic rings. The van der Waals surface area contributed by atoms with E-state index < -0.39 is 11.1 Å². The molecule has 0 saturated carbocycles. The Bertz CT molecular complexity index is 245. The number of nitro groups is 1. The van der Waals surface area contributed by atoms with Crippen LogP contribution < -0.4 is 0 Å². The second-order valence-electron chi connectivity index (χ2n) is 2.53. The van der Waals surface area contributed by atoms with Crippen LogP contribution in [0.2, 0.25) is 0 Å². The Morgan fingerprint density at radius 2 is 2.36 bits per heavy atom. The molecule has 1 rings (SSSR count). The van der Waals surface area contributed by atoms with E-state index in [1.54, 1.807) is 13.0 Å². The SMILES string of the molecule is CC1=CC=C([N+](=O)[O-])C(F)C1. The number of rotatable bonds is 1. The summed E-state index contributed by atoms with van der Waals surface area (Å²) in [5.74, 6) is 0. The van der Waals surface area contributed by atoms with E-state index in [2.05, 4.69) is 0 Å². The fourth-order valence-electron chi connectivity index (χ4n) is 0.963. The summed E-state index contributed by atoms with van der Waals surface area (Å²) in [4.78, 5) is 9.47. The Labute approximate surface area is 63.4 Å². The number of hydrogen-bond donors (Lipinski definition) is 0. The van der Waals surface area contributed by atoms with E-state index >= 15 is 0 Å². The predicted molar refractivity (Wildman–Crippen MR) is 38.3 cm³/mol. The van der Waals surface area contributed by atoms with Crippen molar-refractivity contribution < 1.29 is 9.31 Å². The fourth-order valence-corrected chi connectivity index (χ4v) is 0.963. The molecule has 0 saturated heterocycles. The molecular formula is C7H8FNO2. The van der Waals surface area contributed by atoms with Gasteiger partial charge in [0.25, 0.3) is 5.70 Å². The summed E-state index contributed by atoms with van der Waals surface area (Å²) in [6.07, 6.45) is 1.51. The largest absolute Gasteiger partial charge is 0.280 e. The molecule has 60 valence electrons. The number of hydrogen-bond acceptors (Lipinski definition) is 2. The van der Waals surface area contributed by atoms with Crippen molar-refractivity contribution in [1.82, 2.24) is 0 Å². The summed E-state index contributed by atoms with van der Waals surface area (Å²) in [5.41, 5.74) is 0.499. The van der Waals surface area contributed by atoms with Gasteiger partial charge in [0.2, 0.25) is 0 Å². The second kappa shape index (κ2) is 2.82. The van der Waals surface area contributed by atoms with E-state index in [1.807, 2.05) is 0 Å². The molecule has 0 amide bonds. The van der Waals surface area contributed by atoms with Crippen molar-refractivity contribution in [3.05, 3.63) is 33.5 Å². The maximum Gasteiger partial charge on any atom is 0.280 e. The highest BCUT2D eigenvalue weighted by Crippen LogP contribution is 2.21. The number of nitrogens with zero attached hydrogens (tertiary/aromatic N) is 1. The van der Waals surface area contributed by atoms with Gasteiger partial charge >= 0.3 is 0 Å². The highest BCUT2D eigenvalue weighted by atomic mass is 19.1. The molecule has 0 N–H and O–H groups in total. The van der Waals surface area contributed by atoms with Crippen molar-refractivity contribution in [2.24, 2.45) is 0 Å². The van der Waals surface area contributed by atoms with Gasteiger partial charge in [0.1, 0.15) is 0 Å². The molecule has 0 radical (unpaired) electrons. The smallest absolute Gasteiger partial charge is 0.259 e. The first-order valence-corrected chi connectivity index (χ1v) is 3.27. The van der Waals surface area contributed by atoms with Crippen LogP contribution in [0.15, 0.2) is 23.4 Å². The molecule has 0 bridgehead atoms. The molecular weight excluding hydrogens is 149 g/mol. The Morgan fingerprint density at radius 3 is 2.82 bits per heavy atom. The van der Waals surface area contributed by atoms with Crippen molar-refractivity contribution in [2.75, 3.05) is 0 Å². The van der Waals surface area contributed by atoms with Crippen LogP contribution in [0.1, 0.15) is 13.3 Å². The minimum Gasteiger partial charge on any atom is -0.259 e. The van der Waals surface area contributed by atoms with E-state index in [-0.39, 0.29) is 12.1 Å². The van der Waals surface area contributed by atoms with Crippen molar-refractivity contribution in [3.8, 4) is 0 Å². The van der Waals surface area contributed by atoms with Crippen LogP contribution in [0.25, 0.3) is 0 Å². The van der Waals surface area contributed by atoms with Crippen molar-refractivity contribution >= 4 is 0 Å². The van der Waals surface area contributed by atoms with Crippen LogP contribution in [-0.2, 0) is 0 Å². The van der Waals surface area contributed by atoms with E-state index in [1.165, 1.54) is 6.08 Å². The molecule has 0 aliphatic heterocycles. The molecule has 0 fully saturated rings. The molecule has 0 aromatic rings. The van der Waals surface area contributed by atoms with Gasteiger partial charge < -0.3 is 0 Å². The van der Waals surface area contributed by atoms with Gasteiger partial charge in [0.15, 0.2) is 6.17 Å². The van der Waals surface area contributed by atoms with Crippen molar-refractivity contribution in [3.63, 3.8) is 0 Å². The van der Waals surface area contributed by atoms with E-state index in [0.717, 1.165) is 5.57 Å². The standard InChI is InChI=1S/C7H8FNO2/c1-5-2-3-7(9(10)11)6(8)4-5/h2-3,6H,4H2,1H3. The average Bonchev–Trinajstić information content (AvgIpc) is 1.85. The number of halogens is 1. The van der Waals surface area contributed by atoms with Gasteiger partial charge in [-0.15, -0.1) is 0 Å². The first-order chi connectivity index (χ1) is 5.11. The molecule has 1 atom stereocenters. The van der Waals surface area contributed by atoms with Crippen LogP contribution >= 0.6 is 0 Å². The zero-order valence-corrected chi connectivity index (χ0v) is 6.08. The van der Waals surface area contributed by atoms with Crippen molar-refractivity contribution in [1.29, 1.82) is 0 Å². The maximum atomic E-state index is 12.8.